The van der Waals surface area contributed by atoms with E-state index in [9.17, 15) is 19.3 Å². The second-order valence-electron chi connectivity index (χ2n) is 3.30. The summed E-state index contributed by atoms with van der Waals surface area (Å²) in [6, 6.07) is 0. The van der Waals surface area contributed by atoms with Crippen LogP contribution in [0.5, 0.6) is 0 Å². The zero-order chi connectivity index (χ0) is 12.3. The van der Waals surface area contributed by atoms with Gasteiger partial charge in [-0.25, -0.2) is 0 Å². The molecule has 0 aromatic carbocycles. The highest BCUT2D eigenvalue weighted by atomic mass is 19.1. The van der Waals surface area contributed by atoms with Crippen LogP contribution >= 0.6 is 0 Å². The van der Waals surface area contributed by atoms with Crippen molar-refractivity contribution in [2.45, 2.75) is 13.3 Å². The molecule has 16 heavy (non-hydrogen) atoms. The molecule has 0 atom stereocenters. The summed E-state index contributed by atoms with van der Waals surface area (Å²) in [6.45, 7) is 1.37. The first-order valence-corrected chi connectivity index (χ1v) is 4.59. The fourth-order valence-electron chi connectivity index (χ4n) is 1.23. The average molecular weight is 226 g/mol. The van der Waals surface area contributed by atoms with Crippen LogP contribution in [0.3, 0.4) is 0 Å². The zero-order valence-corrected chi connectivity index (χ0v) is 8.94. The fraction of sp³-hybridized carbons (Fsp3) is 0.300. The lowest BCUT2D eigenvalue weighted by Gasteiger charge is -2.16. The first-order valence-electron chi connectivity index (χ1n) is 4.59. The van der Waals surface area contributed by atoms with Gasteiger partial charge in [0.15, 0.2) is 5.83 Å². The number of rotatable bonds is 2. The molecule has 0 unspecified atom stereocenters. The normalized spacial score (nSPS) is 15.6. The molecule has 0 spiro atoms. The fourth-order valence-corrected chi connectivity index (χ4v) is 1.23. The molecule has 6 heteroatoms. The van der Waals surface area contributed by atoms with Gasteiger partial charge in [-0.1, -0.05) is 0 Å². The van der Waals surface area contributed by atoms with Crippen molar-refractivity contribution < 1.29 is 14.1 Å². The number of nitrogens with zero attached hydrogens (tertiary/aromatic N) is 2. The molecular weight excluding hydrogens is 215 g/mol. The Bertz CT molecular complexity index is 424. The van der Waals surface area contributed by atoms with E-state index in [1.165, 1.54) is 24.9 Å². The molecule has 0 aromatic rings. The lowest BCUT2D eigenvalue weighted by molar-refractivity contribution is -0.423. The van der Waals surface area contributed by atoms with Crippen LogP contribution in [0.2, 0.25) is 0 Å². The number of allylic oxidation sites excluding steroid dienone is 4. The van der Waals surface area contributed by atoms with Gasteiger partial charge in [0.2, 0.25) is 5.91 Å². The van der Waals surface area contributed by atoms with Gasteiger partial charge >= 0.3 is 5.70 Å². The molecule has 0 aliphatic heterocycles. The van der Waals surface area contributed by atoms with Gasteiger partial charge in [0, 0.05) is 32.2 Å². The van der Waals surface area contributed by atoms with Gasteiger partial charge in [-0.2, -0.15) is 4.39 Å². The highest BCUT2D eigenvalue weighted by molar-refractivity contribution is 5.75. The molecule has 1 amide bonds. The monoisotopic (exact) mass is 226 g/mol. The summed E-state index contributed by atoms with van der Waals surface area (Å²) in [6.07, 6.45) is 3.67. The summed E-state index contributed by atoms with van der Waals surface area (Å²) < 4.78 is 13.2. The van der Waals surface area contributed by atoms with Crippen molar-refractivity contribution in [2.75, 3.05) is 7.05 Å². The van der Waals surface area contributed by atoms with Gasteiger partial charge < -0.3 is 4.90 Å². The third-order valence-corrected chi connectivity index (χ3v) is 2.27. The van der Waals surface area contributed by atoms with Gasteiger partial charge in [-0.3, -0.25) is 14.9 Å². The van der Waals surface area contributed by atoms with Crippen molar-refractivity contribution >= 4 is 5.91 Å². The molecule has 0 radical (unpaired) electrons. The zero-order valence-electron chi connectivity index (χ0n) is 8.94. The Hall–Kier alpha value is -1.98. The maximum atomic E-state index is 13.2. The van der Waals surface area contributed by atoms with E-state index in [0.717, 1.165) is 12.2 Å². The summed E-state index contributed by atoms with van der Waals surface area (Å²) in [7, 11) is 1.53. The number of amides is 1. The Balaban J connectivity index is 2.99. The van der Waals surface area contributed by atoms with Crippen LogP contribution in [0.25, 0.3) is 0 Å². The number of halogens is 1. The average Bonchev–Trinajstić information content (AvgIpc) is 2.39. The minimum Gasteiger partial charge on any atom is -0.319 e. The van der Waals surface area contributed by atoms with Gasteiger partial charge in [0.1, 0.15) is 0 Å². The maximum Gasteiger partial charge on any atom is 0.301 e. The van der Waals surface area contributed by atoms with E-state index in [1.807, 2.05) is 0 Å². The van der Waals surface area contributed by atoms with Gasteiger partial charge in [-0.15, -0.1) is 0 Å². The van der Waals surface area contributed by atoms with E-state index in [4.69, 9.17) is 0 Å². The minimum atomic E-state index is -0.906. The van der Waals surface area contributed by atoms with Crippen molar-refractivity contribution in [3.8, 4) is 0 Å². The molecule has 86 valence electrons. The Morgan fingerprint density at radius 3 is 2.69 bits per heavy atom. The molecule has 5 nitrogen and oxygen atoms in total. The van der Waals surface area contributed by atoms with Crippen molar-refractivity contribution in [2.24, 2.45) is 0 Å². The van der Waals surface area contributed by atoms with E-state index in [2.05, 4.69) is 0 Å². The SMILES string of the molecule is CC(=O)N(C)C1=CC=C(F)C([N+](=O)[O-])=CC1. The summed E-state index contributed by atoms with van der Waals surface area (Å²) in [4.78, 5) is 22.1. The van der Waals surface area contributed by atoms with Gasteiger partial charge in [-0.05, 0) is 12.2 Å². The lowest BCUT2D eigenvalue weighted by Crippen LogP contribution is -2.22. The predicted molar refractivity (Wildman–Crippen MR) is 55.4 cm³/mol. The third kappa shape index (κ3) is 2.53. The Labute approximate surface area is 91.7 Å². The summed E-state index contributed by atoms with van der Waals surface area (Å²) >= 11 is 0. The number of carbonyl (C=O) groups is 1. The lowest BCUT2D eigenvalue weighted by atomic mass is 10.2. The van der Waals surface area contributed by atoms with Crippen molar-refractivity contribution in [3.63, 3.8) is 0 Å². The molecule has 0 saturated carbocycles. The van der Waals surface area contributed by atoms with Crippen LogP contribution in [0.15, 0.2) is 35.4 Å². The van der Waals surface area contributed by atoms with Crippen LogP contribution in [-0.2, 0) is 4.79 Å². The molecular formula is C10H11FN2O3. The Morgan fingerprint density at radius 2 is 2.19 bits per heavy atom. The standard InChI is InChI=1S/C10H11FN2O3/c1-7(14)12(2)8-3-5-9(11)10(6-4-8)13(15)16/h3,5-6H,4H2,1-2H3. The third-order valence-electron chi connectivity index (χ3n) is 2.27. The van der Waals surface area contributed by atoms with E-state index in [1.54, 1.807) is 0 Å². The largest absolute Gasteiger partial charge is 0.319 e. The van der Waals surface area contributed by atoms with Crippen molar-refractivity contribution in [1.29, 1.82) is 0 Å². The van der Waals surface area contributed by atoms with Crippen molar-refractivity contribution in [3.05, 3.63) is 45.6 Å². The second-order valence-corrected chi connectivity index (χ2v) is 3.30. The van der Waals surface area contributed by atoms with Crippen LogP contribution in [0.1, 0.15) is 13.3 Å². The number of hydrogen-bond acceptors (Lipinski definition) is 3. The first-order chi connectivity index (χ1) is 7.43. The van der Waals surface area contributed by atoms with Crippen LogP contribution in [-0.4, -0.2) is 22.8 Å². The maximum absolute atomic E-state index is 13.2. The molecule has 0 saturated heterocycles. The summed E-state index contributed by atoms with van der Waals surface area (Å²) in [5.74, 6) is -1.12. The molecule has 0 aromatic heterocycles. The van der Waals surface area contributed by atoms with E-state index in [-0.39, 0.29) is 12.3 Å². The first kappa shape index (κ1) is 12.1. The van der Waals surface area contributed by atoms with Gasteiger partial charge in [0.25, 0.3) is 0 Å². The summed E-state index contributed by atoms with van der Waals surface area (Å²) in [5, 5.41) is 10.5. The van der Waals surface area contributed by atoms with E-state index < -0.39 is 16.4 Å². The van der Waals surface area contributed by atoms with Gasteiger partial charge in [0.05, 0.1) is 4.92 Å². The van der Waals surface area contributed by atoms with Crippen LogP contribution in [0, 0.1) is 10.1 Å². The number of hydrogen-bond donors (Lipinski definition) is 0. The molecule has 0 fully saturated rings. The van der Waals surface area contributed by atoms with Crippen LogP contribution < -0.4 is 0 Å². The van der Waals surface area contributed by atoms with E-state index >= 15 is 0 Å². The Kier molecular flexibility index (Phi) is 3.55. The van der Waals surface area contributed by atoms with Crippen LogP contribution in [0.4, 0.5) is 4.39 Å². The topological polar surface area (TPSA) is 63.5 Å². The second kappa shape index (κ2) is 4.69. The number of nitro groups is 1. The highest BCUT2D eigenvalue weighted by Gasteiger charge is 2.20. The number of carbonyl (C=O) groups excluding carboxylic acids is 1. The smallest absolute Gasteiger partial charge is 0.301 e. The molecule has 1 rings (SSSR count). The summed E-state index contributed by atoms with van der Waals surface area (Å²) in [5.41, 5.74) is -0.0531. The molecule has 1 aliphatic carbocycles. The molecule has 0 N–H and O–H groups in total. The minimum absolute atomic E-state index is 0.149. The molecule has 1 aliphatic rings. The molecule has 0 heterocycles. The van der Waals surface area contributed by atoms with E-state index in [0.29, 0.717) is 5.70 Å². The van der Waals surface area contributed by atoms with Crippen molar-refractivity contribution in [1.82, 2.24) is 4.90 Å². The quantitative estimate of drug-likeness (QED) is 0.532. The molecule has 0 bridgehead atoms. The predicted octanol–water partition coefficient (Wildman–Crippen LogP) is 1.77. The highest BCUT2D eigenvalue weighted by Crippen LogP contribution is 2.21. The Morgan fingerprint density at radius 1 is 1.56 bits per heavy atom.